The fourth-order valence-corrected chi connectivity index (χ4v) is 2.40. The number of nitrogen functional groups attached to an aromatic ring is 1. The van der Waals surface area contributed by atoms with Gasteiger partial charge in [0.15, 0.2) is 0 Å². The van der Waals surface area contributed by atoms with E-state index in [2.05, 4.69) is 0 Å². The second kappa shape index (κ2) is 5.36. The summed E-state index contributed by atoms with van der Waals surface area (Å²) in [6.07, 6.45) is 3.22. The molecule has 2 aromatic rings. The van der Waals surface area contributed by atoms with Crippen LogP contribution in [0, 0.1) is 0 Å². The second-order valence-electron chi connectivity index (χ2n) is 4.20. The molecule has 0 fully saturated rings. The normalized spacial score (nSPS) is 11.8. The predicted molar refractivity (Wildman–Crippen MR) is 77.7 cm³/mol. The predicted octanol–water partition coefficient (Wildman–Crippen LogP) is 2.39. The first-order valence-electron chi connectivity index (χ1n) is 5.70. The van der Waals surface area contributed by atoms with E-state index in [1.165, 1.54) is 24.3 Å². The van der Waals surface area contributed by atoms with Gasteiger partial charge in [-0.2, -0.15) is 8.42 Å². The molecular weight excluding hydrogens is 278 g/mol. The lowest BCUT2D eigenvalue weighted by molar-refractivity contribution is 0.475. The van der Waals surface area contributed by atoms with Gasteiger partial charge in [0.05, 0.1) is 0 Å². The van der Waals surface area contributed by atoms with Crippen LogP contribution in [0.2, 0.25) is 0 Å². The number of nitrogens with two attached hydrogens (primary N) is 1. The Hall–Kier alpha value is -2.31. The third-order valence-electron chi connectivity index (χ3n) is 2.66. The SMILES string of the molecule is Nc1ccc(/C=C/c2ccc(O)cc2)c(S(=O)(=O)O)c1. The van der Waals surface area contributed by atoms with Crippen LogP contribution in [0.5, 0.6) is 5.75 Å². The van der Waals surface area contributed by atoms with Crippen molar-refractivity contribution in [3.05, 3.63) is 53.6 Å². The largest absolute Gasteiger partial charge is 0.508 e. The Morgan fingerprint density at radius 2 is 1.65 bits per heavy atom. The average Bonchev–Trinajstić information content (AvgIpc) is 2.38. The zero-order valence-corrected chi connectivity index (χ0v) is 11.2. The van der Waals surface area contributed by atoms with E-state index in [1.54, 1.807) is 30.4 Å². The topological polar surface area (TPSA) is 101 Å². The molecule has 0 heterocycles. The number of rotatable bonds is 3. The fraction of sp³-hybridized carbons (Fsp3) is 0. The molecule has 0 aliphatic heterocycles. The molecule has 104 valence electrons. The van der Waals surface area contributed by atoms with Crippen molar-refractivity contribution < 1.29 is 18.1 Å². The monoisotopic (exact) mass is 291 g/mol. The summed E-state index contributed by atoms with van der Waals surface area (Å²) in [6.45, 7) is 0. The van der Waals surface area contributed by atoms with E-state index in [9.17, 15) is 18.1 Å². The standard InChI is InChI=1S/C14H13NO4S/c15-12-6-5-11(14(9-12)20(17,18)19)4-1-10-2-7-13(16)8-3-10/h1-9,16H,15H2,(H,17,18,19)/b4-1+. The van der Waals surface area contributed by atoms with Crippen LogP contribution in [-0.2, 0) is 10.1 Å². The minimum Gasteiger partial charge on any atom is -0.508 e. The Labute approximate surface area is 116 Å². The molecule has 0 bridgehead atoms. The summed E-state index contributed by atoms with van der Waals surface area (Å²) in [5, 5.41) is 9.17. The number of anilines is 1. The van der Waals surface area contributed by atoms with Crippen molar-refractivity contribution in [2.45, 2.75) is 4.90 Å². The molecule has 4 N–H and O–H groups in total. The van der Waals surface area contributed by atoms with E-state index in [0.717, 1.165) is 5.56 Å². The third-order valence-corrected chi connectivity index (χ3v) is 3.57. The summed E-state index contributed by atoms with van der Waals surface area (Å²) in [5.74, 6) is 0.147. The van der Waals surface area contributed by atoms with Gasteiger partial charge in [-0.3, -0.25) is 4.55 Å². The maximum atomic E-state index is 11.3. The molecule has 0 spiro atoms. The minimum atomic E-state index is -4.34. The lowest BCUT2D eigenvalue weighted by atomic mass is 10.1. The van der Waals surface area contributed by atoms with E-state index in [1.807, 2.05) is 0 Å². The zero-order chi connectivity index (χ0) is 14.8. The summed E-state index contributed by atoms with van der Waals surface area (Å²) in [6, 6.07) is 10.7. The van der Waals surface area contributed by atoms with Crippen molar-refractivity contribution in [3.8, 4) is 5.75 Å². The quantitative estimate of drug-likeness (QED) is 0.458. The first-order valence-corrected chi connectivity index (χ1v) is 7.14. The highest BCUT2D eigenvalue weighted by molar-refractivity contribution is 7.86. The first kappa shape index (κ1) is 14.1. The molecule has 0 aliphatic carbocycles. The zero-order valence-electron chi connectivity index (χ0n) is 10.4. The summed E-state index contributed by atoms with van der Waals surface area (Å²) in [7, 11) is -4.34. The van der Waals surface area contributed by atoms with Crippen LogP contribution in [0.25, 0.3) is 12.2 Å². The highest BCUT2D eigenvalue weighted by Gasteiger charge is 2.14. The van der Waals surface area contributed by atoms with Crippen LogP contribution in [0.4, 0.5) is 5.69 Å². The van der Waals surface area contributed by atoms with E-state index in [0.29, 0.717) is 5.56 Å². The van der Waals surface area contributed by atoms with Crippen LogP contribution in [0.3, 0.4) is 0 Å². The van der Waals surface area contributed by atoms with Gasteiger partial charge in [0.25, 0.3) is 10.1 Å². The molecule has 0 aliphatic rings. The highest BCUT2D eigenvalue weighted by Crippen LogP contribution is 2.21. The second-order valence-corrected chi connectivity index (χ2v) is 5.59. The smallest absolute Gasteiger partial charge is 0.295 e. The van der Waals surface area contributed by atoms with E-state index in [4.69, 9.17) is 5.73 Å². The summed E-state index contributed by atoms with van der Waals surface area (Å²) in [4.78, 5) is -0.243. The maximum Gasteiger partial charge on any atom is 0.295 e. The van der Waals surface area contributed by atoms with Gasteiger partial charge in [-0.25, -0.2) is 0 Å². The number of aromatic hydroxyl groups is 1. The van der Waals surface area contributed by atoms with Crippen molar-refractivity contribution in [2.75, 3.05) is 5.73 Å². The molecule has 0 atom stereocenters. The van der Waals surface area contributed by atoms with Crippen LogP contribution < -0.4 is 5.73 Å². The van der Waals surface area contributed by atoms with Crippen molar-refractivity contribution in [2.24, 2.45) is 0 Å². The van der Waals surface area contributed by atoms with E-state index < -0.39 is 10.1 Å². The Bertz CT molecular complexity index is 749. The molecule has 0 radical (unpaired) electrons. The number of hydrogen-bond donors (Lipinski definition) is 3. The van der Waals surface area contributed by atoms with Gasteiger partial charge in [0.1, 0.15) is 10.6 Å². The van der Waals surface area contributed by atoms with Gasteiger partial charge in [0, 0.05) is 5.69 Å². The van der Waals surface area contributed by atoms with E-state index in [-0.39, 0.29) is 16.3 Å². The molecular formula is C14H13NO4S. The first-order chi connectivity index (χ1) is 9.36. The maximum absolute atomic E-state index is 11.3. The molecule has 6 heteroatoms. The van der Waals surface area contributed by atoms with Gasteiger partial charge < -0.3 is 10.8 Å². The Morgan fingerprint density at radius 1 is 1.00 bits per heavy atom. The van der Waals surface area contributed by atoms with Crippen LogP contribution >= 0.6 is 0 Å². The molecule has 0 saturated carbocycles. The number of phenolic OH excluding ortho intramolecular Hbond substituents is 1. The summed E-state index contributed by atoms with van der Waals surface area (Å²) in [5.41, 5.74) is 6.88. The van der Waals surface area contributed by atoms with E-state index >= 15 is 0 Å². The van der Waals surface area contributed by atoms with Gasteiger partial charge in [0.2, 0.25) is 0 Å². The average molecular weight is 291 g/mol. The number of phenols is 1. The molecule has 0 unspecified atom stereocenters. The molecule has 0 amide bonds. The van der Waals surface area contributed by atoms with Gasteiger partial charge in [-0.15, -0.1) is 0 Å². The molecule has 20 heavy (non-hydrogen) atoms. The molecule has 0 aromatic heterocycles. The minimum absolute atomic E-state index is 0.147. The summed E-state index contributed by atoms with van der Waals surface area (Å²) < 4.78 is 31.8. The van der Waals surface area contributed by atoms with Gasteiger partial charge >= 0.3 is 0 Å². The Kier molecular flexibility index (Phi) is 3.78. The molecule has 5 nitrogen and oxygen atoms in total. The molecule has 2 rings (SSSR count). The van der Waals surface area contributed by atoms with Crippen LogP contribution in [-0.4, -0.2) is 18.1 Å². The lowest BCUT2D eigenvalue weighted by Crippen LogP contribution is -2.02. The highest BCUT2D eigenvalue weighted by atomic mass is 32.2. The molecule has 0 saturated heterocycles. The molecule has 2 aromatic carbocycles. The lowest BCUT2D eigenvalue weighted by Gasteiger charge is -2.04. The van der Waals surface area contributed by atoms with Crippen molar-refractivity contribution in [1.29, 1.82) is 0 Å². The number of hydrogen-bond acceptors (Lipinski definition) is 4. The van der Waals surface area contributed by atoms with Crippen molar-refractivity contribution >= 4 is 28.0 Å². The van der Waals surface area contributed by atoms with Gasteiger partial charge in [-0.05, 0) is 35.4 Å². The Balaban J connectivity index is 2.41. The van der Waals surface area contributed by atoms with Crippen molar-refractivity contribution in [3.63, 3.8) is 0 Å². The van der Waals surface area contributed by atoms with Crippen LogP contribution in [0.15, 0.2) is 47.4 Å². The fourth-order valence-electron chi connectivity index (χ4n) is 1.68. The third kappa shape index (κ3) is 3.37. The summed E-state index contributed by atoms with van der Waals surface area (Å²) >= 11 is 0. The van der Waals surface area contributed by atoms with Crippen LogP contribution in [0.1, 0.15) is 11.1 Å². The van der Waals surface area contributed by atoms with Crippen molar-refractivity contribution in [1.82, 2.24) is 0 Å². The van der Waals surface area contributed by atoms with Gasteiger partial charge in [-0.1, -0.05) is 30.4 Å². The Morgan fingerprint density at radius 3 is 2.25 bits per heavy atom. The number of benzene rings is 2.